The van der Waals surface area contributed by atoms with Crippen LogP contribution in [-0.2, 0) is 29.6 Å². The highest BCUT2D eigenvalue weighted by Crippen LogP contribution is 2.65. The molecule has 230 valence electrons. The molecule has 6 rings (SSSR count). The van der Waals surface area contributed by atoms with Crippen molar-refractivity contribution in [1.29, 1.82) is 0 Å². The van der Waals surface area contributed by atoms with Gasteiger partial charge in [-0.05, 0) is 17.6 Å². The average Bonchev–Trinajstić information content (AvgIpc) is 3.30. The number of alkyl halides is 2. The van der Waals surface area contributed by atoms with E-state index >= 15 is 8.78 Å². The van der Waals surface area contributed by atoms with Gasteiger partial charge in [-0.3, -0.25) is 9.59 Å². The first-order valence-corrected chi connectivity index (χ1v) is 13.7. The third-order valence-electron chi connectivity index (χ3n) is 8.51. The van der Waals surface area contributed by atoms with Gasteiger partial charge in [0.15, 0.2) is 33.0 Å². The van der Waals surface area contributed by atoms with E-state index in [1.165, 1.54) is 37.4 Å². The quantitative estimate of drug-likeness (QED) is 0.115. The topological polar surface area (TPSA) is 107 Å². The van der Waals surface area contributed by atoms with Gasteiger partial charge in [-0.15, -0.1) is 29.8 Å². The van der Waals surface area contributed by atoms with Crippen LogP contribution in [0, 0.1) is 29.1 Å². The van der Waals surface area contributed by atoms with E-state index in [1.807, 2.05) is 0 Å². The molecule has 1 aliphatic carbocycles. The van der Waals surface area contributed by atoms with Crippen LogP contribution in [0.2, 0.25) is 0 Å². The van der Waals surface area contributed by atoms with Gasteiger partial charge in [0, 0.05) is 24.9 Å². The lowest BCUT2D eigenvalue weighted by Crippen LogP contribution is -2.59. The minimum Gasteiger partial charge on any atom is -0.507 e. The number of carbonyl (C=O) groups is 2. The Bertz CT molecular complexity index is 1980. The Morgan fingerprint density at radius 1 is 0.977 bits per heavy atom. The van der Waals surface area contributed by atoms with Crippen LogP contribution in [0.1, 0.15) is 29.5 Å². The monoisotopic (exact) mass is 656 g/mol. The Kier molecular flexibility index (Phi) is 6.56. The van der Waals surface area contributed by atoms with Crippen LogP contribution in [0.15, 0.2) is 52.1 Å². The first-order valence-electron chi connectivity index (χ1n) is 12.9. The number of hydrogen-bond acceptors (Lipinski definition) is 5. The first-order chi connectivity index (χ1) is 20.6. The number of para-hydroxylation sites is 1. The SMILES string of the molecule is C=CCc1cccc([C@H]2C3=CCn4c(=O)n(C)c(=O)n4[C@@H]3C[C@@]3(Cl)C(=O)N(c4c(F)c(F)c(F)c(F)c4F)C(=O)[C@@]23Cl)c1O. The summed E-state index contributed by atoms with van der Waals surface area (Å²) in [7, 11) is 1.20. The standard InChI is InChI=1S/C28H19Cl2F5N4O5/c1-3-5-11-6-4-7-13(22(11)40)15-12-8-9-37-25(43)36(2)26(44)39(37)14(12)10-27(29)23(41)38(24(42)28(15,27)30)21-19(34)17(32)16(31)18(33)20(21)35/h3-4,6-8,14-15,40H,1,5,9-10H2,2H3/t14-,15-,27-,28+/m1/s1. The second kappa shape index (κ2) is 9.66. The highest BCUT2D eigenvalue weighted by atomic mass is 35.5. The van der Waals surface area contributed by atoms with Crippen molar-refractivity contribution in [2.75, 3.05) is 4.90 Å². The number of benzene rings is 2. The van der Waals surface area contributed by atoms with Crippen LogP contribution in [0.25, 0.3) is 0 Å². The molecule has 0 radical (unpaired) electrons. The fourth-order valence-electron chi connectivity index (χ4n) is 6.45. The largest absolute Gasteiger partial charge is 0.507 e. The number of fused-ring (bicyclic) bond motifs is 4. The van der Waals surface area contributed by atoms with Crippen LogP contribution in [0.5, 0.6) is 5.75 Å². The number of aromatic hydroxyl groups is 1. The smallest absolute Gasteiger partial charge is 0.347 e. The van der Waals surface area contributed by atoms with Gasteiger partial charge < -0.3 is 5.11 Å². The van der Waals surface area contributed by atoms with Gasteiger partial charge in [-0.25, -0.2) is 50.4 Å². The van der Waals surface area contributed by atoms with E-state index in [9.17, 15) is 37.5 Å². The molecule has 0 bridgehead atoms. The van der Waals surface area contributed by atoms with Gasteiger partial charge in [0.25, 0.3) is 11.8 Å². The van der Waals surface area contributed by atoms with Gasteiger partial charge >= 0.3 is 11.4 Å². The number of hydrogen-bond donors (Lipinski definition) is 1. The number of nitrogens with zero attached hydrogens (tertiary/aromatic N) is 4. The highest BCUT2D eigenvalue weighted by molar-refractivity contribution is 6.58. The molecule has 0 unspecified atom stereocenters. The summed E-state index contributed by atoms with van der Waals surface area (Å²) in [5, 5.41) is 11.3. The molecule has 0 spiro atoms. The molecule has 2 amide bonds. The number of imide groups is 1. The van der Waals surface area contributed by atoms with Gasteiger partial charge in [0.1, 0.15) is 11.4 Å². The van der Waals surface area contributed by atoms with Crippen LogP contribution < -0.4 is 16.3 Å². The van der Waals surface area contributed by atoms with Gasteiger partial charge in [0.2, 0.25) is 5.82 Å². The predicted octanol–water partition coefficient (Wildman–Crippen LogP) is 3.68. The van der Waals surface area contributed by atoms with Crippen LogP contribution in [-0.4, -0.2) is 40.6 Å². The Labute approximate surface area is 253 Å². The molecule has 2 fully saturated rings. The van der Waals surface area contributed by atoms with Crippen molar-refractivity contribution in [2.24, 2.45) is 7.05 Å². The lowest BCUT2D eigenvalue weighted by atomic mass is 9.64. The van der Waals surface area contributed by atoms with Gasteiger partial charge in [-0.2, -0.15) is 0 Å². The summed E-state index contributed by atoms with van der Waals surface area (Å²) in [5.41, 5.74) is -3.14. The van der Waals surface area contributed by atoms with E-state index in [1.54, 1.807) is 0 Å². The maximum Gasteiger partial charge on any atom is 0.347 e. The molecule has 2 aliphatic heterocycles. The van der Waals surface area contributed by atoms with Crippen LogP contribution in [0.3, 0.4) is 0 Å². The number of phenols is 1. The highest BCUT2D eigenvalue weighted by Gasteiger charge is 2.76. The molecular formula is C28H19Cl2F5N4O5. The van der Waals surface area contributed by atoms with Crippen molar-refractivity contribution in [1.82, 2.24) is 13.9 Å². The van der Waals surface area contributed by atoms with E-state index in [2.05, 4.69) is 6.58 Å². The molecule has 3 aromatic rings. The minimum atomic E-state index is -2.75. The van der Waals surface area contributed by atoms with Crippen molar-refractivity contribution in [3.05, 3.63) is 104 Å². The molecule has 44 heavy (non-hydrogen) atoms. The molecule has 1 aromatic heterocycles. The number of amides is 2. The predicted molar refractivity (Wildman–Crippen MR) is 146 cm³/mol. The molecule has 3 aliphatic rings. The number of allylic oxidation sites excluding steroid dienone is 3. The summed E-state index contributed by atoms with van der Waals surface area (Å²) in [6, 6.07) is 3.05. The number of rotatable bonds is 4. The maximum atomic E-state index is 15.0. The van der Waals surface area contributed by atoms with E-state index in [0.717, 1.165) is 13.9 Å². The number of halogens is 7. The molecular weight excluding hydrogens is 638 g/mol. The second-order valence-electron chi connectivity index (χ2n) is 10.6. The Morgan fingerprint density at radius 2 is 1.59 bits per heavy atom. The Balaban J connectivity index is 1.68. The van der Waals surface area contributed by atoms with Crippen molar-refractivity contribution in [2.45, 2.75) is 41.1 Å². The van der Waals surface area contributed by atoms with Crippen molar-refractivity contribution in [3.63, 3.8) is 0 Å². The summed E-state index contributed by atoms with van der Waals surface area (Å²) >= 11 is 14.0. The number of aromatic nitrogens is 3. The summed E-state index contributed by atoms with van der Waals surface area (Å²) in [4.78, 5) is 48.5. The third-order valence-corrected chi connectivity index (χ3v) is 9.92. The van der Waals surface area contributed by atoms with E-state index in [0.29, 0.717) is 5.56 Å². The molecule has 2 aromatic carbocycles. The maximum absolute atomic E-state index is 15.0. The number of carbonyl (C=O) groups excluding carboxylic acids is 2. The first kappa shape index (κ1) is 29.9. The third kappa shape index (κ3) is 3.46. The Hall–Kier alpha value is -4.17. The molecule has 1 saturated carbocycles. The summed E-state index contributed by atoms with van der Waals surface area (Å²) in [6.45, 7) is 3.40. The van der Waals surface area contributed by atoms with E-state index < -0.39 is 91.8 Å². The summed E-state index contributed by atoms with van der Waals surface area (Å²) in [5.74, 6) is -17.7. The number of anilines is 1. The molecule has 4 atom stereocenters. The number of phenolic OH excluding ortho intramolecular Hbond substituents is 1. The average molecular weight is 657 g/mol. The molecule has 1 saturated heterocycles. The zero-order chi connectivity index (χ0) is 32.2. The summed E-state index contributed by atoms with van der Waals surface area (Å²) < 4.78 is 75.3. The Morgan fingerprint density at radius 3 is 2.20 bits per heavy atom. The zero-order valence-electron chi connectivity index (χ0n) is 22.4. The fourth-order valence-corrected chi connectivity index (χ4v) is 7.35. The normalized spacial score (nSPS) is 25.9. The fraction of sp³-hybridized carbons (Fsp3) is 0.286. The van der Waals surface area contributed by atoms with E-state index in [4.69, 9.17) is 23.2 Å². The van der Waals surface area contributed by atoms with Gasteiger partial charge in [-0.1, -0.05) is 30.4 Å². The molecule has 16 heteroatoms. The lowest BCUT2D eigenvalue weighted by Gasteiger charge is -2.49. The zero-order valence-corrected chi connectivity index (χ0v) is 23.9. The molecule has 9 nitrogen and oxygen atoms in total. The van der Waals surface area contributed by atoms with Gasteiger partial charge in [0.05, 0.1) is 12.6 Å². The minimum absolute atomic E-state index is 0.0967. The van der Waals surface area contributed by atoms with E-state index in [-0.39, 0.29) is 29.0 Å². The summed E-state index contributed by atoms with van der Waals surface area (Å²) in [6.07, 6.45) is 2.29. The van der Waals surface area contributed by atoms with Crippen molar-refractivity contribution >= 4 is 40.7 Å². The van der Waals surface area contributed by atoms with Crippen LogP contribution in [0.4, 0.5) is 27.6 Å². The molecule has 1 N–H and O–H groups in total. The van der Waals surface area contributed by atoms with Crippen molar-refractivity contribution < 1.29 is 36.6 Å². The molecule has 3 heterocycles. The van der Waals surface area contributed by atoms with Crippen LogP contribution >= 0.6 is 23.2 Å². The van der Waals surface area contributed by atoms with Crippen molar-refractivity contribution in [3.8, 4) is 5.75 Å². The lowest BCUT2D eigenvalue weighted by molar-refractivity contribution is -0.122. The second-order valence-corrected chi connectivity index (χ2v) is 11.9.